The molecular weight excluding hydrogens is 470 g/mol. The number of fused-ring (bicyclic) bond motifs is 2. The van der Waals surface area contributed by atoms with E-state index in [4.69, 9.17) is 0 Å². The highest BCUT2D eigenvalue weighted by atomic mass is 32.1. The maximum absolute atomic E-state index is 15.9. The summed E-state index contributed by atoms with van der Waals surface area (Å²) in [4.78, 5) is 21.4. The van der Waals surface area contributed by atoms with Crippen molar-refractivity contribution in [3.63, 3.8) is 0 Å². The molecule has 0 aliphatic heterocycles. The second-order valence-electron chi connectivity index (χ2n) is 8.29. The van der Waals surface area contributed by atoms with Gasteiger partial charge in [0.2, 0.25) is 0 Å². The Bertz CT molecular complexity index is 1700. The molecule has 11 heteroatoms. The molecule has 3 N–H and O–H groups in total. The fraction of sp³-hybridized carbons (Fsp3) is 0.125. The highest BCUT2D eigenvalue weighted by Crippen LogP contribution is 2.35. The Hall–Kier alpha value is -4.25. The molecule has 8 nitrogen and oxygen atoms in total. The molecule has 6 aromatic rings. The molecule has 6 heterocycles. The van der Waals surface area contributed by atoms with E-state index in [0.29, 0.717) is 44.2 Å². The first-order valence-electron chi connectivity index (χ1n) is 10.8. The predicted octanol–water partition coefficient (Wildman–Crippen LogP) is 5.79. The second kappa shape index (κ2) is 8.20. The van der Waals surface area contributed by atoms with E-state index in [1.54, 1.807) is 30.7 Å². The first-order chi connectivity index (χ1) is 17.0. The molecule has 174 valence electrons. The molecule has 0 radical (unpaired) electrons. The first-order valence-corrected chi connectivity index (χ1v) is 11.6. The molecule has 0 bridgehead atoms. The monoisotopic (exact) mass is 488 g/mol. The Balaban J connectivity index is 1.49. The summed E-state index contributed by atoms with van der Waals surface area (Å²) in [5.74, 6) is -0.146. The van der Waals surface area contributed by atoms with E-state index < -0.39 is 5.82 Å². The summed E-state index contributed by atoms with van der Waals surface area (Å²) in [6.07, 6.45) is 6.39. The number of aromatic nitrogens is 7. The fourth-order valence-corrected chi connectivity index (χ4v) is 4.73. The van der Waals surface area contributed by atoms with Crippen molar-refractivity contribution in [3.05, 3.63) is 60.0 Å². The van der Waals surface area contributed by atoms with Crippen LogP contribution in [0.2, 0.25) is 0 Å². The van der Waals surface area contributed by atoms with Crippen LogP contribution in [0.3, 0.4) is 0 Å². The number of pyridine rings is 3. The normalized spacial score (nSPS) is 11.7. The van der Waals surface area contributed by atoms with Crippen molar-refractivity contribution in [1.29, 1.82) is 0 Å². The first kappa shape index (κ1) is 21.3. The van der Waals surface area contributed by atoms with Crippen LogP contribution in [-0.2, 0) is 0 Å². The van der Waals surface area contributed by atoms with Crippen molar-refractivity contribution in [2.45, 2.75) is 19.9 Å². The molecule has 0 amide bonds. The van der Waals surface area contributed by atoms with Crippen LogP contribution >= 0.6 is 11.3 Å². The summed E-state index contributed by atoms with van der Waals surface area (Å²) >= 11 is 0.989. The third kappa shape index (κ3) is 3.69. The van der Waals surface area contributed by atoms with E-state index >= 15 is 4.39 Å². The van der Waals surface area contributed by atoms with E-state index in [-0.39, 0.29) is 22.3 Å². The SMILES string of the molecule is CC(C)Nc1cncc(-c2ncc3n[nH]c(-c4nc5c(-c6ccc(F)s6)nccc5[nH]4)c3c2F)c1. The summed E-state index contributed by atoms with van der Waals surface area (Å²) in [6, 6.07) is 6.82. The molecule has 0 saturated heterocycles. The van der Waals surface area contributed by atoms with Crippen LogP contribution in [-0.4, -0.2) is 41.2 Å². The lowest BCUT2D eigenvalue weighted by Crippen LogP contribution is -2.09. The van der Waals surface area contributed by atoms with Crippen LogP contribution in [0.5, 0.6) is 0 Å². The molecule has 0 unspecified atom stereocenters. The lowest BCUT2D eigenvalue weighted by Gasteiger charge is -2.11. The van der Waals surface area contributed by atoms with Crippen molar-refractivity contribution in [2.75, 3.05) is 5.32 Å². The summed E-state index contributed by atoms with van der Waals surface area (Å²) in [5, 5.41) is 10.3. The molecule has 6 rings (SSSR count). The van der Waals surface area contributed by atoms with Gasteiger partial charge < -0.3 is 10.3 Å². The highest BCUT2D eigenvalue weighted by molar-refractivity contribution is 7.13. The van der Waals surface area contributed by atoms with Crippen molar-refractivity contribution in [1.82, 2.24) is 35.1 Å². The number of aromatic amines is 2. The van der Waals surface area contributed by atoms with Gasteiger partial charge in [-0.3, -0.25) is 20.1 Å². The number of halogens is 2. The molecule has 0 fully saturated rings. The zero-order valence-electron chi connectivity index (χ0n) is 18.6. The Kier molecular flexibility index (Phi) is 4.99. The van der Waals surface area contributed by atoms with Crippen molar-refractivity contribution >= 4 is 39.0 Å². The average molecular weight is 489 g/mol. The van der Waals surface area contributed by atoms with Crippen molar-refractivity contribution < 1.29 is 8.78 Å². The van der Waals surface area contributed by atoms with E-state index in [9.17, 15) is 4.39 Å². The van der Waals surface area contributed by atoms with E-state index in [0.717, 1.165) is 17.0 Å². The van der Waals surface area contributed by atoms with Gasteiger partial charge in [0, 0.05) is 30.2 Å². The summed E-state index contributed by atoms with van der Waals surface area (Å²) in [5.41, 5.74) is 4.01. The number of hydrogen-bond acceptors (Lipinski definition) is 7. The molecule has 0 atom stereocenters. The van der Waals surface area contributed by atoms with Crippen molar-refractivity contribution in [3.8, 4) is 33.3 Å². The van der Waals surface area contributed by atoms with Gasteiger partial charge in [-0.2, -0.15) is 9.49 Å². The fourth-order valence-electron chi connectivity index (χ4n) is 4.00. The molecule has 35 heavy (non-hydrogen) atoms. The number of H-pyrrole nitrogens is 2. The summed E-state index contributed by atoms with van der Waals surface area (Å²) in [7, 11) is 0. The number of imidazole rings is 1. The van der Waals surface area contributed by atoms with Crippen LogP contribution in [0.4, 0.5) is 14.5 Å². The smallest absolute Gasteiger partial charge is 0.177 e. The third-order valence-electron chi connectivity index (χ3n) is 5.45. The zero-order chi connectivity index (χ0) is 24.1. The van der Waals surface area contributed by atoms with E-state index in [1.165, 1.54) is 12.3 Å². The van der Waals surface area contributed by atoms with Gasteiger partial charge in [0.1, 0.15) is 28.1 Å². The Morgan fingerprint density at radius 1 is 1.03 bits per heavy atom. The Morgan fingerprint density at radius 3 is 2.71 bits per heavy atom. The minimum atomic E-state index is -0.533. The highest BCUT2D eigenvalue weighted by Gasteiger charge is 2.21. The summed E-state index contributed by atoms with van der Waals surface area (Å²) in [6.45, 7) is 4.02. The molecule has 6 aromatic heterocycles. The molecular formula is C24H18F2N8S. The predicted molar refractivity (Wildman–Crippen MR) is 132 cm³/mol. The summed E-state index contributed by atoms with van der Waals surface area (Å²) < 4.78 is 29.5. The Labute approximate surface area is 201 Å². The lowest BCUT2D eigenvalue weighted by molar-refractivity contribution is 0.638. The van der Waals surface area contributed by atoms with E-state index in [1.807, 2.05) is 19.9 Å². The van der Waals surface area contributed by atoms with E-state index in [2.05, 4.69) is 40.4 Å². The molecule has 0 aliphatic carbocycles. The number of hydrogen-bond donors (Lipinski definition) is 3. The molecule has 0 aromatic carbocycles. The van der Waals surface area contributed by atoms with Gasteiger partial charge in [0.15, 0.2) is 16.8 Å². The van der Waals surface area contributed by atoms with Gasteiger partial charge >= 0.3 is 0 Å². The molecule has 0 spiro atoms. The quantitative estimate of drug-likeness (QED) is 0.284. The van der Waals surface area contributed by atoms with Crippen LogP contribution in [0.1, 0.15) is 13.8 Å². The lowest BCUT2D eigenvalue weighted by atomic mass is 10.1. The van der Waals surface area contributed by atoms with Crippen LogP contribution in [0.25, 0.3) is 55.3 Å². The topological polar surface area (TPSA) is 108 Å². The molecule has 0 saturated carbocycles. The zero-order valence-corrected chi connectivity index (χ0v) is 19.4. The second-order valence-corrected chi connectivity index (χ2v) is 9.32. The third-order valence-corrected chi connectivity index (χ3v) is 6.33. The van der Waals surface area contributed by atoms with Gasteiger partial charge in [0.05, 0.1) is 27.7 Å². The number of anilines is 1. The standard InChI is InChI=1S/C24H18F2N8S/c1-11(2)30-13-7-12(8-27-9-13)20-19(26)18-15(10-29-20)33-34-23(18)24-31-14-5-6-28-22(21(14)32-24)16-3-4-17(25)35-16/h3-11,30H,1-2H3,(H,31,32)(H,33,34). The number of thiophene rings is 1. The van der Waals surface area contributed by atoms with Crippen LogP contribution in [0, 0.1) is 10.9 Å². The largest absolute Gasteiger partial charge is 0.382 e. The average Bonchev–Trinajstić information content (AvgIpc) is 3.56. The number of nitrogens with one attached hydrogen (secondary N) is 3. The van der Waals surface area contributed by atoms with Gasteiger partial charge in [-0.15, -0.1) is 11.3 Å². The minimum Gasteiger partial charge on any atom is -0.382 e. The minimum absolute atomic E-state index is 0.160. The maximum Gasteiger partial charge on any atom is 0.177 e. The number of rotatable bonds is 5. The van der Waals surface area contributed by atoms with Gasteiger partial charge in [-0.1, -0.05) is 0 Å². The van der Waals surface area contributed by atoms with Crippen molar-refractivity contribution in [2.24, 2.45) is 0 Å². The van der Waals surface area contributed by atoms with Crippen LogP contribution in [0.15, 0.2) is 49.1 Å². The van der Waals surface area contributed by atoms with Gasteiger partial charge in [-0.25, -0.2) is 9.37 Å². The van der Waals surface area contributed by atoms with Gasteiger partial charge in [-0.05, 0) is 38.1 Å². The number of nitrogens with zero attached hydrogens (tertiary/aromatic N) is 5. The van der Waals surface area contributed by atoms with Gasteiger partial charge in [0.25, 0.3) is 0 Å². The Morgan fingerprint density at radius 2 is 1.91 bits per heavy atom. The maximum atomic E-state index is 15.9. The van der Waals surface area contributed by atoms with Crippen LogP contribution < -0.4 is 5.32 Å². The molecule has 0 aliphatic rings.